The standard InChI is InChI=1S/C7H14N2O4.K/c10-6(8-12)4-2-1-3-5-7(11)9-13;/h12-13H,1-5H2,(H,8,10)(H,9,11);/q;+1. The van der Waals surface area contributed by atoms with Crippen molar-refractivity contribution in [3.63, 3.8) is 0 Å². The van der Waals surface area contributed by atoms with Crippen LogP contribution in [0.4, 0.5) is 0 Å². The van der Waals surface area contributed by atoms with E-state index in [4.69, 9.17) is 10.4 Å². The van der Waals surface area contributed by atoms with Crippen LogP contribution in [0.15, 0.2) is 0 Å². The molecule has 0 rings (SSSR count). The molecule has 0 bridgehead atoms. The Labute approximate surface area is 125 Å². The van der Waals surface area contributed by atoms with Crippen molar-refractivity contribution in [2.75, 3.05) is 0 Å². The van der Waals surface area contributed by atoms with E-state index in [0.717, 1.165) is 0 Å². The van der Waals surface area contributed by atoms with Crippen molar-refractivity contribution in [3.05, 3.63) is 0 Å². The topological polar surface area (TPSA) is 98.7 Å². The van der Waals surface area contributed by atoms with Gasteiger partial charge in [0.15, 0.2) is 0 Å². The molecule has 76 valence electrons. The maximum absolute atomic E-state index is 10.5. The van der Waals surface area contributed by atoms with Crippen LogP contribution in [0.25, 0.3) is 0 Å². The molecule has 0 saturated heterocycles. The Morgan fingerprint density at radius 3 is 1.50 bits per heavy atom. The van der Waals surface area contributed by atoms with Crippen LogP contribution in [0.1, 0.15) is 32.1 Å². The largest absolute Gasteiger partial charge is 1.00 e. The van der Waals surface area contributed by atoms with Crippen LogP contribution in [0, 0.1) is 0 Å². The van der Waals surface area contributed by atoms with Gasteiger partial charge in [0.2, 0.25) is 11.8 Å². The zero-order valence-electron chi connectivity index (χ0n) is 8.25. The van der Waals surface area contributed by atoms with Crippen molar-refractivity contribution in [1.29, 1.82) is 0 Å². The minimum atomic E-state index is -0.424. The maximum atomic E-state index is 10.5. The van der Waals surface area contributed by atoms with Gasteiger partial charge >= 0.3 is 51.4 Å². The molecule has 0 saturated carbocycles. The SMILES string of the molecule is O=C(CCCCCC(=O)NO)NO.[K+]. The van der Waals surface area contributed by atoms with E-state index in [2.05, 4.69) is 0 Å². The van der Waals surface area contributed by atoms with Crippen molar-refractivity contribution in [1.82, 2.24) is 11.0 Å². The fourth-order valence-electron chi connectivity index (χ4n) is 0.860. The van der Waals surface area contributed by atoms with E-state index in [1.165, 1.54) is 11.0 Å². The molecule has 0 unspecified atom stereocenters. The Morgan fingerprint density at radius 2 is 1.21 bits per heavy atom. The van der Waals surface area contributed by atoms with Gasteiger partial charge in [-0.1, -0.05) is 6.42 Å². The molecule has 2 amide bonds. The van der Waals surface area contributed by atoms with Gasteiger partial charge in [-0.05, 0) is 12.8 Å². The summed E-state index contributed by atoms with van der Waals surface area (Å²) < 4.78 is 0. The Bertz CT molecular complexity index is 159. The van der Waals surface area contributed by atoms with Crippen molar-refractivity contribution in [3.8, 4) is 0 Å². The summed E-state index contributed by atoms with van der Waals surface area (Å²) in [6, 6.07) is 0. The zero-order valence-corrected chi connectivity index (χ0v) is 11.4. The molecule has 14 heavy (non-hydrogen) atoms. The average Bonchev–Trinajstić information content (AvgIpc) is 2.16. The number of hydroxylamine groups is 2. The fraction of sp³-hybridized carbons (Fsp3) is 0.714. The first-order valence-corrected chi connectivity index (χ1v) is 4.06. The summed E-state index contributed by atoms with van der Waals surface area (Å²) in [5, 5.41) is 16.2. The van der Waals surface area contributed by atoms with Crippen molar-refractivity contribution in [2.45, 2.75) is 32.1 Å². The number of rotatable bonds is 6. The summed E-state index contributed by atoms with van der Waals surface area (Å²) in [5.74, 6) is -0.849. The molecule has 0 spiro atoms. The molecule has 0 aromatic carbocycles. The molecule has 0 fully saturated rings. The summed E-state index contributed by atoms with van der Waals surface area (Å²) in [5.41, 5.74) is 3.04. The molecule has 0 atom stereocenters. The van der Waals surface area contributed by atoms with Gasteiger partial charge in [-0.3, -0.25) is 20.0 Å². The summed E-state index contributed by atoms with van der Waals surface area (Å²) >= 11 is 0. The van der Waals surface area contributed by atoms with Crippen LogP contribution in [0.3, 0.4) is 0 Å². The minimum absolute atomic E-state index is 0. The Kier molecular flexibility index (Phi) is 14.0. The molecule has 4 N–H and O–H groups in total. The van der Waals surface area contributed by atoms with E-state index in [9.17, 15) is 9.59 Å². The molecular weight excluding hydrogens is 215 g/mol. The molecule has 0 aromatic rings. The minimum Gasteiger partial charge on any atom is -0.289 e. The molecule has 0 aliphatic heterocycles. The normalized spacial score (nSPS) is 8.71. The molecular formula is C7H14KN2O4+. The second-order valence-electron chi connectivity index (χ2n) is 2.63. The summed E-state index contributed by atoms with van der Waals surface area (Å²) in [6.07, 6.45) is 2.44. The van der Waals surface area contributed by atoms with E-state index < -0.39 is 11.8 Å². The number of amides is 2. The van der Waals surface area contributed by atoms with Gasteiger partial charge in [0.25, 0.3) is 0 Å². The molecule has 0 aliphatic rings. The predicted molar refractivity (Wildman–Crippen MR) is 42.9 cm³/mol. The Morgan fingerprint density at radius 1 is 0.857 bits per heavy atom. The van der Waals surface area contributed by atoms with E-state index in [1.807, 2.05) is 0 Å². The molecule has 0 aliphatic carbocycles. The zero-order chi connectivity index (χ0) is 10.1. The average molecular weight is 229 g/mol. The van der Waals surface area contributed by atoms with Crippen LogP contribution in [-0.4, -0.2) is 22.2 Å². The third-order valence-corrected chi connectivity index (χ3v) is 1.56. The van der Waals surface area contributed by atoms with Gasteiger partial charge in [0, 0.05) is 12.8 Å². The third kappa shape index (κ3) is 10.6. The van der Waals surface area contributed by atoms with Crippen LogP contribution >= 0.6 is 0 Å². The number of hydrogen-bond donors (Lipinski definition) is 4. The predicted octanol–water partition coefficient (Wildman–Crippen LogP) is -3.05. The molecule has 0 aromatic heterocycles. The second-order valence-corrected chi connectivity index (χ2v) is 2.63. The van der Waals surface area contributed by atoms with Crippen LogP contribution in [0.2, 0.25) is 0 Å². The van der Waals surface area contributed by atoms with Crippen molar-refractivity contribution in [2.24, 2.45) is 0 Å². The molecule has 7 heteroatoms. The fourth-order valence-corrected chi connectivity index (χ4v) is 0.860. The number of hydrogen-bond acceptors (Lipinski definition) is 4. The summed E-state index contributed by atoms with van der Waals surface area (Å²) in [4.78, 5) is 21.0. The van der Waals surface area contributed by atoms with E-state index in [1.54, 1.807) is 0 Å². The van der Waals surface area contributed by atoms with Crippen molar-refractivity contribution >= 4 is 11.8 Å². The maximum Gasteiger partial charge on any atom is 1.00 e. The number of carbonyl (C=O) groups is 2. The first-order valence-electron chi connectivity index (χ1n) is 4.06. The van der Waals surface area contributed by atoms with Gasteiger partial charge in [-0.25, -0.2) is 11.0 Å². The third-order valence-electron chi connectivity index (χ3n) is 1.56. The molecule has 0 heterocycles. The van der Waals surface area contributed by atoms with Gasteiger partial charge in [-0.2, -0.15) is 0 Å². The van der Waals surface area contributed by atoms with Gasteiger partial charge in [0.05, 0.1) is 0 Å². The van der Waals surface area contributed by atoms with Crippen molar-refractivity contribution < 1.29 is 71.4 Å². The van der Waals surface area contributed by atoms with Gasteiger partial charge in [0.1, 0.15) is 0 Å². The summed E-state index contributed by atoms with van der Waals surface area (Å²) in [6.45, 7) is 0. The molecule has 6 nitrogen and oxygen atoms in total. The van der Waals surface area contributed by atoms with Crippen LogP contribution < -0.4 is 62.3 Å². The Balaban J connectivity index is 0. The first-order chi connectivity index (χ1) is 6.20. The summed E-state index contributed by atoms with van der Waals surface area (Å²) in [7, 11) is 0. The first kappa shape index (κ1) is 16.9. The van der Waals surface area contributed by atoms with Gasteiger partial charge < -0.3 is 0 Å². The smallest absolute Gasteiger partial charge is 0.289 e. The molecule has 0 radical (unpaired) electrons. The number of carbonyl (C=O) groups excluding carboxylic acids is 2. The number of unbranched alkanes of at least 4 members (excludes halogenated alkanes) is 2. The van der Waals surface area contributed by atoms with Gasteiger partial charge in [-0.15, -0.1) is 0 Å². The number of nitrogens with one attached hydrogen (secondary N) is 2. The quantitative estimate of drug-likeness (QED) is 0.168. The second kappa shape index (κ2) is 11.6. The Hall–Kier alpha value is 0.496. The van der Waals surface area contributed by atoms with Crippen LogP contribution in [-0.2, 0) is 9.59 Å². The van der Waals surface area contributed by atoms with E-state index in [-0.39, 0.29) is 64.2 Å². The van der Waals surface area contributed by atoms with Crippen LogP contribution in [0.5, 0.6) is 0 Å². The van der Waals surface area contributed by atoms with E-state index in [0.29, 0.717) is 19.3 Å². The van der Waals surface area contributed by atoms with E-state index >= 15 is 0 Å². The monoisotopic (exact) mass is 229 g/mol.